The van der Waals surface area contributed by atoms with E-state index in [2.05, 4.69) is 27.3 Å². The summed E-state index contributed by atoms with van der Waals surface area (Å²) < 4.78 is 0. The lowest BCUT2D eigenvalue weighted by Crippen LogP contribution is -2.36. The highest BCUT2D eigenvalue weighted by Crippen LogP contribution is 2.31. The summed E-state index contributed by atoms with van der Waals surface area (Å²) in [5.41, 5.74) is 2.07. The van der Waals surface area contributed by atoms with Gasteiger partial charge in [-0.1, -0.05) is 0 Å². The van der Waals surface area contributed by atoms with Crippen LogP contribution in [0.25, 0.3) is 0 Å². The number of anilines is 2. The van der Waals surface area contributed by atoms with Crippen molar-refractivity contribution in [2.75, 3.05) is 44.1 Å². The van der Waals surface area contributed by atoms with Gasteiger partial charge in [0.2, 0.25) is 11.6 Å². The minimum Gasteiger partial charge on any atom is -0.354 e. The lowest BCUT2D eigenvalue weighted by molar-refractivity contribution is -0.383. The van der Waals surface area contributed by atoms with Crippen molar-refractivity contribution in [2.45, 2.75) is 12.8 Å². The molecule has 1 aliphatic rings. The summed E-state index contributed by atoms with van der Waals surface area (Å²) in [5, 5.41) is 11.2. The Hall–Kier alpha value is -2.00. The topological polar surface area (TPSA) is 113 Å². The molecule has 9 nitrogen and oxygen atoms in total. The molecule has 0 unspecified atom stereocenters. The van der Waals surface area contributed by atoms with Crippen LogP contribution in [-0.4, -0.2) is 53.5 Å². The van der Waals surface area contributed by atoms with Gasteiger partial charge < -0.3 is 15.2 Å². The quantitative estimate of drug-likeness (QED) is 0.457. The summed E-state index contributed by atoms with van der Waals surface area (Å²) in [5.74, 6) is 6.12. The Kier molecular flexibility index (Phi) is 4.86. The average Bonchev–Trinajstić information content (AvgIpc) is 2.48. The van der Waals surface area contributed by atoms with E-state index in [1.807, 2.05) is 11.9 Å². The highest BCUT2D eigenvalue weighted by atomic mass is 16.6. The number of nitrogen functional groups attached to an aromatic ring is 1. The Labute approximate surface area is 123 Å². The number of hydrogen-bond acceptors (Lipinski definition) is 8. The number of piperidine rings is 1. The maximum absolute atomic E-state index is 11.2. The van der Waals surface area contributed by atoms with E-state index < -0.39 is 4.92 Å². The van der Waals surface area contributed by atoms with E-state index in [1.54, 1.807) is 0 Å². The smallest absolute Gasteiger partial charge is 0.354 e. The van der Waals surface area contributed by atoms with Crippen LogP contribution < -0.4 is 16.2 Å². The summed E-state index contributed by atoms with van der Waals surface area (Å²) in [4.78, 5) is 22.7. The van der Waals surface area contributed by atoms with E-state index in [0.29, 0.717) is 11.7 Å². The monoisotopic (exact) mass is 295 g/mol. The molecule has 0 radical (unpaired) electrons. The molecule has 0 amide bonds. The third-order valence-electron chi connectivity index (χ3n) is 3.85. The molecule has 9 heteroatoms. The first-order valence-electron chi connectivity index (χ1n) is 6.88. The van der Waals surface area contributed by atoms with E-state index in [0.717, 1.165) is 32.5 Å². The molecule has 0 aromatic carbocycles. The predicted molar refractivity (Wildman–Crippen MR) is 80.0 cm³/mol. The molecule has 1 aromatic heterocycles. The second kappa shape index (κ2) is 6.64. The van der Waals surface area contributed by atoms with Crippen LogP contribution in [0.15, 0.2) is 6.33 Å². The van der Waals surface area contributed by atoms with Gasteiger partial charge >= 0.3 is 5.69 Å². The molecule has 116 valence electrons. The number of nitrogens with one attached hydrogen (secondary N) is 1. The van der Waals surface area contributed by atoms with Crippen LogP contribution >= 0.6 is 0 Å². The Bertz CT molecular complexity index is 502. The third kappa shape index (κ3) is 3.56. The first-order chi connectivity index (χ1) is 10.0. The number of nitrogens with two attached hydrogens (primary N) is 1. The molecule has 2 rings (SSSR count). The minimum atomic E-state index is -0.504. The first-order valence-corrected chi connectivity index (χ1v) is 6.88. The molecule has 21 heavy (non-hydrogen) atoms. The van der Waals surface area contributed by atoms with Gasteiger partial charge in [-0.2, -0.15) is 0 Å². The van der Waals surface area contributed by atoms with E-state index in [1.165, 1.54) is 6.33 Å². The molecule has 3 N–H and O–H groups in total. The van der Waals surface area contributed by atoms with Gasteiger partial charge in [0.15, 0.2) is 0 Å². The Morgan fingerprint density at radius 2 is 2.19 bits per heavy atom. The van der Waals surface area contributed by atoms with E-state index in [4.69, 9.17) is 5.84 Å². The number of nitro groups is 1. The van der Waals surface area contributed by atoms with Gasteiger partial charge in [0.05, 0.1) is 4.92 Å². The van der Waals surface area contributed by atoms with Gasteiger partial charge in [-0.25, -0.2) is 15.8 Å². The van der Waals surface area contributed by atoms with Crippen molar-refractivity contribution in [1.82, 2.24) is 14.9 Å². The maximum atomic E-state index is 11.2. The zero-order chi connectivity index (χ0) is 15.4. The van der Waals surface area contributed by atoms with E-state index in [9.17, 15) is 10.1 Å². The molecule has 0 aliphatic carbocycles. The summed E-state index contributed by atoms with van der Waals surface area (Å²) in [6.07, 6.45) is 3.45. The van der Waals surface area contributed by atoms with Gasteiger partial charge in [0.25, 0.3) is 0 Å². The largest absolute Gasteiger partial charge is 0.354 e. The van der Waals surface area contributed by atoms with Crippen LogP contribution in [0.4, 0.5) is 17.3 Å². The normalized spacial score (nSPS) is 16.7. The Balaban J connectivity index is 2.15. The number of hydrazine groups is 1. The Morgan fingerprint density at radius 1 is 1.52 bits per heavy atom. The molecular weight excluding hydrogens is 274 g/mol. The third-order valence-corrected chi connectivity index (χ3v) is 3.85. The van der Waals surface area contributed by atoms with Crippen molar-refractivity contribution in [3.63, 3.8) is 0 Å². The van der Waals surface area contributed by atoms with E-state index in [-0.39, 0.29) is 11.5 Å². The fraction of sp³-hybridized carbons (Fsp3) is 0.667. The van der Waals surface area contributed by atoms with Crippen molar-refractivity contribution in [3.8, 4) is 0 Å². The molecule has 0 bridgehead atoms. The van der Waals surface area contributed by atoms with Crippen LogP contribution in [0.5, 0.6) is 0 Å². The zero-order valence-electron chi connectivity index (χ0n) is 12.3. The van der Waals surface area contributed by atoms with Crippen molar-refractivity contribution in [1.29, 1.82) is 0 Å². The van der Waals surface area contributed by atoms with Crippen molar-refractivity contribution in [3.05, 3.63) is 16.4 Å². The zero-order valence-corrected chi connectivity index (χ0v) is 12.3. The SMILES string of the molecule is CN1CCC(CN(C)c2ncnc(NN)c2[N+](=O)[O-])CC1. The molecule has 1 saturated heterocycles. The van der Waals surface area contributed by atoms with Gasteiger partial charge in [0.1, 0.15) is 6.33 Å². The highest BCUT2D eigenvalue weighted by Gasteiger charge is 2.27. The number of likely N-dealkylation sites (tertiary alicyclic amines) is 1. The van der Waals surface area contributed by atoms with Crippen LogP contribution in [0, 0.1) is 16.0 Å². The summed E-state index contributed by atoms with van der Waals surface area (Å²) in [7, 11) is 3.92. The maximum Gasteiger partial charge on any atom is 0.354 e. The van der Waals surface area contributed by atoms with Gasteiger partial charge in [-0.15, -0.1) is 0 Å². The van der Waals surface area contributed by atoms with Crippen molar-refractivity contribution in [2.24, 2.45) is 11.8 Å². The first kappa shape index (κ1) is 15.4. The highest BCUT2D eigenvalue weighted by molar-refractivity contribution is 5.69. The standard InChI is InChI=1S/C12H21N7O2/c1-17-5-3-9(4-6-17)7-18(2)12-10(19(20)21)11(16-13)14-8-15-12/h8-9H,3-7,13H2,1-2H3,(H,14,15,16). The lowest BCUT2D eigenvalue weighted by atomic mass is 9.97. The van der Waals surface area contributed by atoms with Crippen LogP contribution in [0.3, 0.4) is 0 Å². The number of hydrogen-bond donors (Lipinski definition) is 2. The molecule has 2 heterocycles. The van der Waals surface area contributed by atoms with Crippen molar-refractivity contribution < 1.29 is 4.92 Å². The summed E-state index contributed by atoms with van der Waals surface area (Å²) >= 11 is 0. The number of aromatic nitrogens is 2. The van der Waals surface area contributed by atoms with Crippen molar-refractivity contribution >= 4 is 17.3 Å². The fourth-order valence-corrected chi connectivity index (χ4v) is 2.64. The fourth-order valence-electron chi connectivity index (χ4n) is 2.64. The number of rotatable bonds is 5. The second-order valence-corrected chi connectivity index (χ2v) is 5.42. The average molecular weight is 295 g/mol. The predicted octanol–water partition coefficient (Wildman–Crippen LogP) is 0.448. The summed E-state index contributed by atoms with van der Waals surface area (Å²) in [6, 6.07) is 0. The van der Waals surface area contributed by atoms with E-state index >= 15 is 0 Å². The summed E-state index contributed by atoms with van der Waals surface area (Å²) in [6.45, 7) is 2.84. The number of nitrogens with zero attached hydrogens (tertiary/aromatic N) is 5. The molecule has 1 aliphatic heterocycles. The molecule has 1 aromatic rings. The van der Waals surface area contributed by atoms with Crippen LogP contribution in [-0.2, 0) is 0 Å². The molecular formula is C12H21N7O2. The molecule has 0 saturated carbocycles. The minimum absolute atomic E-state index is 0.0280. The van der Waals surface area contributed by atoms with Crippen LogP contribution in [0.1, 0.15) is 12.8 Å². The van der Waals surface area contributed by atoms with Gasteiger partial charge in [-0.3, -0.25) is 10.1 Å². The molecule has 0 atom stereocenters. The van der Waals surface area contributed by atoms with Gasteiger partial charge in [-0.05, 0) is 38.9 Å². The Morgan fingerprint density at radius 3 is 2.76 bits per heavy atom. The van der Waals surface area contributed by atoms with Crippen LogP contribution in [0.2, 0.25) is 0 Å². The second-order valence-electron chi connectivity index (χ2n) is 5.42. The molecule has 1 fully saturated rings. The molecule has 0 spiro atoms. The lowest BCUT2D eigenvalue weighted by Gasteiger charge is -2.31. The van der Waals surface area contributed by atoms with Gasteiger partial charge in [0, 0.05) is 13.6 Å².